The summed E-state index contributed by atoms with van der Waals surface area (Å²) in [6.45, 7) is 0.676. The zero-order valence-electron chi connectivity index (χ0n) is 11.7. The Labute approximate surface area is 135 Å². The van der Waals surface area contributed by atoms with Gasteiger partial charge in [-0.3, -0.25) is 4.79 Å². The molecule has 0 saturated carbocycles. The van der Waals surface area contributed by atoms with E-state index in [4.69, 9.17) is 0 Å². The van der Waals surface area contributed by atoms with E-state index in [2.05, 4.69) is 20.6 Å². The van der Waals surface area contributed by atoms with Crippen molar-refractivity contribution < 1.29 is 18.0 Å². The molecule has 6 nitrogen and oxygen atoms in total. The lowest BCUT2D eigenvalue weighted by molar-refractivity contribution is -0.147. The third-order valence-corrected chi connectivity index (χ3v) is 3.25. The van der Waals surface area contributed by atoms with Gasteiger partial charge < -0.3 is 15.2 Å². The molecule has 0 aromatic carbocycles. The molecule has 0 fully saturated rings. The molecular formula is C13H13ClF3N5O. The maximum Gasteiger partial charge on any atom is 0.449 e. The molecule has 0 aliphatic carbocycles. The number of amides is 1. The van der Waals surface area contributed by atoms with E-state index in [1.54, 1.807) is 18.2 Å². The van der Waals surface area contributed by atoms with Gasteiger partial charge in [0.25, 0.3) is 5.91 Å². The fourth-order valence-electron chi connectivity index (χ4n) is 2.31. The van der Waals surface area contributed by atoms with Gasteiger partial charge in [0, 0.05) is 25.8 Å². The highest BCUT2D eigenvalue weighted by molar-refractivity contribution is 6.03. The van der Waals surface area contributed by atoms with Gasteiger partial charge in [-0.05, 0) is 12.1 Å². The summed E-state index contributed by atoms with van der Waals surface area (Å²) in [6.07, 6.45) is -3.13. The van der Waals surface area contributed by atoms with Gasteiger partial charge in [-0.15, -0.1) is 12.4 Å². The quantitative estimate of drug-likeness (QED) is 0.872. The number of hydrogen-bond acceptors (Lipinski definition) is 4. The summed E-state index contributed by atoms with van der Waals surface area (Å²) in [5.74, 6) is -1.50. The molecule has 124 valence electrons. The molecule has 0 bridgehead atoms. The molecule has 2 N–H and O–H groups in total. The molecule has 10 heteroatoms. The smallest absolute Gasteiger partial charge is 0.321 e. The van der Waals surface area contributed by atoms with Crippen LogP contribution in [0.5, 0.6) is 0 Å². The Hall–Kier alpha value is -2.13. The zero-order valence-corrected chi connectivity index (χ0v) is 12.5. The van der Waals surface area contributed by atoms with Gasteiger partial charge in [-0.1, -0.05) is 6.07 Å². The van der Waals surface area contributed by atoms with Crippen molar-refractivity contribution in [1.82, 2.24) is 19.9 Å². The van der Waals surface area contributed by atoms with Gasteiger partial charge in [-0.2, -0.15) is 13.2 Å². The average molecular weight is 348 g/mol. The summed E-state index contributed by atoms with van der Waals surface area (Å²) < 4.78 is 40.1. The molecule has 1 aliphatic heterocycles. The molecule has 0 unspecified atom stereocenters. The third-order valence-electron chi connectivity index (χ3n) is 3.25. The number of alkyl halides is 3. The molecule has 0 saturated heterocycles. The first kappa shape index (κ1) is 17.2. The number of aromatic nitrogens is 3. The molecule has 2 aromatic heterocycles. The van der Waals surface area contributed by atoms with Gasteiger partial charge >= 0.3 is 6.18 Å². The van der Waals surface area contributed by atoms with Crippen LogP contribution in [-0.4, -0.2) is 27.0 Å². The normalized spacial score (nSPS) is 13.9. The Morgan fingerprint density at radius 3 is 2.78 bits per heavy atom. The van der Waals surface area contributed by atoms with Crippen molar-refractivity contribution in [3.05, 3.63) is 41.6 Å². The zero-order chi connectivity index (χ0) is 15.7. The number of fused-ring (bicyclic) bond motifs is 1. The van der Waals surface area contributed by atoms with Crippen molar-refractivity contribution >= 4 is 24.1 Å². The van der Waals surface area contributed by atoms with Crippen molar-refractivity contribution in [1.29, 1.82) is 0 Å². The lowest BCUT2D eigenvalue weighted by Crippen LogP contribution is -2.31. The largest absolute Gasteiger partial charge is 0.449 e. The first-order valence-corrected chi connectivity index (χ1v) is 6.56. The fraction of sp³-hybridized carbons (Fsp3) is 0.308. The molecule has 3 rings (SSSR count). The minimum atomic E-state index is -4.60. The number of carbonyl (C=O) groups is 1. The van der Waals surface area contributed by atoms with Crippen LogP contribution in [-0.2, 0) is 19.3 Å². The summed E-state index contributed by atoms with van der Waals surface area (Å²) in [7, 11) is 0. The molecule has 0 atom stereocenters. The van der Waals surface area contributed by atoms with Crippen LogP contribution in [0.15, 0.2) is 24.4 Å². The monoisotopic (exact) mass is 347 g/mol. The van der Waals surface area contributed by atoms with Gasteiger partial charge in [0.1, 0.15) is 5.82 Å². The Kier molecular flexibility index (Phi) is 4.90. The number of halogens is 4. The summed E-state index contributed by atoms with van der Waals surface area (Å²) >= 11 is 0. The summed E-state index contributed by atoms with van der Waals surface area (Å²) in [4.78, 5) is 19.6. The van der Waals surface area contributed by atoms with Crippen molar-refractivity contribution in [2.24, 2.45) is 0 Å². The van der Waals surface area contributed by atoms with Gasteiger partial charge in [0.2, 0.25) is 5.82 Å². The molecule has 1 aliphatic rings. The predicted molar refractivity (Wildman–Crippen MR) is 78.4 cm³/mol. The minimum Gasteiger partial charge on any atom is -0.321 e. The van der Waals surface area contributed by atoms with Gasteiger partial charge in [0.15, 0.2) is 5.69 Å². The van der Waals surface area contributed by atoms with Crippen LogP contribution in [0.25, 0.3) is 0 Å². The number of imidazole rings is 1. The Bertz CT molecular complexity index is 702. The lowest BCUT2D eigenvalue weighted by Gasteiger charge is -2.19. The van der Waals surface area contributed by atoms with E-state index in [1.165, 1.54) is 6.20 Å². The number of rotatable bonds is 2. The first-order valence-electron chi connectivity index (χ1n) is 6.56. The van der Waals surface area contributed by atoms with Crippen molar-refractivity contribution in [3.8, 4) is 0 Å². The first-order chi connectivity index (χ1) is 10.5. The molecule has 1 amide bonds. The Balaban J connectivity index is 0.00000192. The second-order valence-corrected chi connectivity index (χ2v) is 4.73. The van der Waals surface area contributed by atoms with Crippen molar-refractivity contribution in [3.63, 3.8) is 0 Å². The van der Waals surface area contributed by atoms with Crippen molar-refractivity contribution in [2.45, 2.75) is 19.3 Å². The molecule has 0 spiro atoms. The van der Waals surface area contributed by atoms with Crippen LogP contribution in [0, 0.1) is 0 Å². The van der Waals surface area contributed by atoms with E-state index in [-0.39, 0.29) is 42.7 Å². The fourth-order valence-corrected chi connectivity index (χ4v) is 2.31. The van der Waals surface area contributed by atoms with Crippen LogP contribution in [0.1, 0.15) is 22.0 Å². The number of nitrogens with zero attached hydrogens (tertiary/aromatic N) is 3. The third kappa shape index (κ3) is 3.45. The molecule has 23 heavy (non-hydrogen) atoms. The molecule has 3 heterocycles. The summed E-state index contributed by atoms with van der Waals surface area (Å²) in [5.41, 5.74) is -0.00261. The Morgan fingerprint density at radius 1 is 1.35 bits per heavy atom. The van der Waals surface area contributed by atoms with E-state index in [0.29, 0.717) is 6.54 Å². The van der Waals surface area contributed by atoms with Crippen molar-refractivity contribution in [2.75, 3.05) is 11.9 Å². The van der Waals surface area contributed by atoms with Crippen LogP contribution in [0.4, 0.5) is 19.0 Å². The van der Waals surface area contributed by atoms with E-state index in [0.717, 1.165) is 4.57 Å². The number of pyridine rings is 1. The lowest BCUT2D eigenvalue weighted by atomic mass is 10.2. The van der Waals surface area contributed by atoms with Crippen LogP contribution >= 0.6 is 12.4 Å². The minimum absolute atomic E-state index is 0. The number of hydrogen-bond donors (Lipinski definition) is 2. The highest BCUT2D eigenvalue weighted by atomic mass is 35.5. The molecular weight excluding hydrogens is 335 g/mol. The molecule has 0 radical (unpaired) electrons. The van der Waals surface area contributed by atoms with E-state index < -0.39 is 17.9 Å². The number of nitrogens with one attached hydrogen (secondary N) is 2. The highest BCUT2D eigenvalue weighted by Crippen LogP contribution is 2.31. The number of anilines is 1. The molecule has 2 aromatic rings. The van der Waals surface area contributed by atoms with E-state index >= 15 is 0 Å². The van der Waals surface area contributed by atoms with Crippen LogP contribution < -0.4 is 10.6 Å². The summed E-state index contributed by atoms with van der Waals surface area (Å²) in [6, 6.07) is 4.87. The Morgan fingerprint density at radius 2 is 2.13 bits per heavy atom. The van der Waals surface area contributed by atoms with E-state index in [9.17, 15) is 18.0 Å². The van der Waals surface area contributed by atoms with Gasteiger partial charge in [-0.25, -0.2) is 9.97 Å². The standard InChI is InChI=1S/C13H12F3N5O.ClH/c14-13(15,16)12-20-10(8-7-17-5-6-21(8)12)11(22)19-9-3-1-2-4-18-9;/h1-4,17H,5-7H2,(H,18,19,22);1H. The second kappa shape index (κ2) is 6.55. The summed E-state index contributed by atoms with van der Waals surface area (Å²) in [5, 5.41) is 5.39. The SMILES string of the molecule is Cl.O=C(Nc1ccccn1)c1nc(C(F)(F)F)n2c1CNCC2. The number of carbonyl (C=O) groups excluding carboxylic acids is 1. The van der Waals surface area contributed by atoms with E-state index in [1.807, 2.05) is 0 Å². The second-order valence-electron chi connectivity index (χ2n) is 4.73. The predicted octanol–water partition coefficient (Wildman–Crippen LogP) is 2.07. The van der Waals surface area contributed by atoms with Gasteiger partial charge in [0.05, 0.1) is 5.69 Å². The maximum atomic E-state index is 13.0. The average Bonchev–Trinajstić information content (AvgIpc) is 2.88. The topological polar surface area (TPSA) is 71.8 Å². The maximum absolute atomic E-state index is 13.0. The highest BCUT2D eigenvalue weighted by Gasteiger charge is 2.40. The van der Waals surface area contributed by atoms with Crippen LogP contribution in [0.2, 0.25) is 0 Å². The van der Waals surface area contributed by atoms with Crippen LogP contribution in [0.3, 0.4) is 0 Å².